The Bertz CT molecular complexity index is 570. The third-order valence-electron chi connectivity index (χ3n) is 3.09. The monoisotopic (exact) mass is 270 g/mol. The molecule has 0 aliphatic heterocycles. The molecule has 0 aromatic heterocycles. The molecule has 0 heterocycles. The Balaban J connectivity index is 1.99. The molecule has 0 bridgehead atoms. The van der Waals surface area contributed by atoms with Crippen LogP contribution in [0.4, 0.5) is 0 Å². The van der Waals surface area contributed by atoms with Gasteiger partial charge in [-0.3, -0.25) is 4.79 Å². The van der Waals surface area contributed by atoms with Gasteiger partial charge >= 0.3 is 0 Å². The Morgan fingerprint density at radius 3 is 2.50 bits per heavy atom. The van der Waals surface area contributed by atoms with E-state index < -0.39 is 6.04 Å². The summed E-state index contributed by atoms with van der Waals surface area (Å²) in [5.74, 6) is 0.545. The van der Waals surface area contributed by atoms with Crippen LogP contribution in [0.15, 0.2) is 54.6 Å². The van der Waals surface area contributed by atoms with Crippen molar-refractivity contribution in [2.45, 2.75) is 12.6 Å². The SMILES string of the molecule is COc1ccccc1CNC(=O)[C@H](N)c1ccccc1. The second kappa shape index (κ2) is 6.73. The van der Waals surface area contributed by atoms with Crippen LogP contribution in [0.3, 0.4) is 0 Å². The van der Waals surface area contributed by atoms with Crippen molar-refractivity contribution in [1.29, 1.82) is 0 Å². The van der Waals surface area contributed by atoms with Crippen molar-refractivity contribution in [2.24, 2.45) is 5.73 Å². The summed E-state index contributed by atoms with van der Waals surface area (Å²) in [6, 6.07) is 16.2. The minimum atomic E-state index is -0.661. The van der Waals surface area contributed by atoms with Crippen LogP contribution in [0.1, 0.15) is 17.2 Å². The summed E-state index contributed by atoms with van der Waals surface area (Å²) in [5, 5.41) is 2.83. The van der Waals surface area contributed by atoms with E-state index in [4.69, 9.17) is 10.5 Å². The van der Waals surface area contributed by atoms with E-state index in [-0.39, 0.29) is 5.91 Å². The zero-order valence-electron chi connectivity index (χ0n) is 11.4. The zero-order chi connectivity index (χ0) is 14.4. The summed E-state index contributed by atoms with van der Waals surface area (Å²) in [6.45, 7) is 0.392. The van der Waals surface area contributed by atoms with Gasteiger partial charge in [0.05, 0.1) is 7.11 Å². The van der Waals surface area contributed by atoms with Gasteiger partial charge in [-0.15, -0.1) is 0 Å². The fourth-order valence-corrected chi connectivity index (χ4v) is 1.95. The average Bonchev–Trinajstić information content (AvgIpc) is 2.53. The number of carbonyl (C=O) groups is 1. The molecule has 2 aromatic rings. The fourth-order valence-electron chi connectivity index (χ4n) is 1.95. The molecule has 2 aromatic carbocycles. The third-order valence-corrected chi connectivity index (χ3v) is 3.09. The van der Waals surface area contributed by atoms with Gasteiger partial charge in [-0.25, -0.2) is 0 Å². The molecule has 4 nitrogen and oxygen atoms in total. The summed E-state index contributed by atoms with van der Waals surface area (Å²) >= 11 is 0. The molecule has 1 amide bonds. The van der Waals surface area contributed by atoms with Gasteiger partial charge in [0.1, 0.15) is 11.8 Å². The zero-order valence-corrected chi connectivity index (χ0v) is 11.4. The summed E-state index contributed by atoms with van der Waals surface area (Å²) < 4.78 is 5.24. The van der Waals surface area contributed by atoms with Crippen molar-refractivity contribution < 1.29 is 9.53 Å². The molecule has 0 radical (unpaired) electrons. The Kier molecular flexibility index (Phi) is 4.74. The maximum Gasteiger partial charge on any atom is 0.241 e. The number of rotatable bonds is 5. The number of hydrogen-bond donors (Lipinski definition) is 2. The molecule has 0 unspecified atom stereocenters. The number of amides is 1. The molecule has 0 saturated heterocycles. The summed E-state index contributed by atoms with van der Waals surface area (Å²) in [6.07, 6.45) is 0. The van der Waals surface area contributed by atoms with Gasteiger partial charge in [0, 0.05) is 12.1 Å². The van der Waals surface area contributed by atoms with Gasteiger partial charge in [-0.05, 0) is 11.6 Å². The standard InChI is InChI=1S/C16H18N2O2/c1-20-14-10-6-5-9-13(14)11-18-16(19)15(17)12-7-3-2-4-8-12/h2-10,15H,11,17H2,1H3,(H,18,19)/t15-/m1/s1. The number of benzene rings is 2. The van der Waals surface area contributed by atoms with Gasteiger partial charge in [-0.1, -0.05) is 48.5 Å². The number of nitrogens with two attached hydrogens (primary N) is 1. The van der Waals surface area contributed by atoms with E-state index in [1.54, 1.807) is 7.11 Å². The van der Waals surface area contributed by atoms with Crippen LogP contribution in [0.25, 0.3) is 0 Å². The molecule has 0 saturated carbocycles. The molecule has 0 spiro atoms. The lowest BCUT2D eigenvalue weighted by Gasteiger charge is -2.14. The van der Waals surface area contributed by atoms with E-state index in [1.165, 1.54) is 0 Å². The highest BCUT2D eigenvalue weighted by Gasteiger charge is 2.15. The Morgan fingerprint density at radius 1 is 1.15 bits per heavy atom. The molecular formula is C16H18N2O2. The highest BCUT2D eigenvalue weighted by molar-refractivity contribution is 5.82. The molecule has 0 aliphatic rings. The van der Waals surface area contributed by atoms with E-state index in [9.17, 15) is 4.79 Å². The van der Waals surface area contributed by atoms with Crippen LogP contribution < -0.4 is 15.8 Å². The van der Waals surface area contributed by atoms with Crippen LogP contribution in [-0.4, -0.2) is 13.0 Å². The van der Waals surface area contributed by atoms with Gasteiger partial charge in [0.2, 0.25) is 5.91 Å². The molecule has 1 atom stereocenters. The van der Waals surface area contributed by atoms with Crippen LogP contribution in [-0.2, 0) is 11.3 Å². The van der Waals surface area contributed by atoms with Crippen molar-refractivity contribution >= 4 is 5.91 Å². The van der Waals surface area contributed by atoms with E-state index in [0.717, 1.165) is 16.9 Å². The maximum absolute atomic E-state index is 12.0. The minimum Gasteiger partial charge on any atom is -0.496 e. The lowest BCUT2D eigenvalue weighted by atomic mass is 10.1. The van der Waals surface area contributed by atoms with Crippen LogP contribution in [0, 0.1) is 0 Å². The van der Waals surface area contributed by atoms with E-state index in [0.29, 0.717) is 6.54 Å². The normalized spacial score (nSPS) is 11.7. The largest absolute Gasteiger partial charge is 0.496 e. The molecular weight excluding hydrogens is 252 g/mol. The molecule has 2 rings (SSSR count). The molecule has 3 N–H and O–H groups in total. The van der Waals surface area contributed by atoms with Gasteiger partial charge in [-0.2, -0.15) is 0 Å². The van der Waals surface area contributed by atoms with E-state index in [2.05, 4.69) is 5.32 Å². The topological polar surface area (TPSA) is 64.3 Å². The first kappa shape index (κ1) is 14.1. The molecule has 4 heteroatoms. The number of carbonyl (C=O) groups excluding carboxylic acids is 1. The number of para-hydroxylation sites is 1. The lowest BCUT2D eigenvalue weighted by molar-refractivity contribution is -0.122. The summed E-state index contributed by atoms with van der Waals surface area (Å²) in [4.78, 5) is 12.0. The van der Waals surface area contributed by atoms with Crippen LogP contribution in [0.5, 0.6) is 5.75 Å². The molecule has 0 fully saturated rings. The summed E-state index contributed by atoms with van der Waals surface area (Å²) in [7, 11) is 1.61. The number of hydrogen-bond acceptors (Lipinski definition) is 3. The first-order valence-electron chi connectivity index (χ1n) is 6.42. The summed E-state index contributed by atoms with van der Waals surface area (Å²) in [5.41, 5.74) is 7.65. The first-order chi connectivity index (χ1) is 9.72. The van der Waals surface area contributed by atoms with Crippen molar-refractivity contribution in [2.75, 3.05) is 7.11 Å². The fraction of sp³-hybridized carbons (Fsp3) is 0.188. The van der Waals surface area contributed by atoms with Crippen molar-refractivity contribution in [3.8, 4) is 5.75 Å². The quantitative estimate of drug-likeness (QED) is 0.873. The van der Waals surface area contributed by atoms with E-state index >= 15 is 0 Å². The molecule has 0 aliphatic carbocycles. The van der Waals surface area contributed by atoms with E-state index in [1.807, 2.05) is 54.6 Å². The third kappa shape index (κ3) is 3.36. The number of ether oxygens (including phenoxy) is 1. The molecule has 20 heavy (non-hydrogen) atoms. The Morgan fingerprint density at radius 2 is 1.80 bits per heavy atom. The van der Waals surface area contributed by atoms with Crippen molar-refractivity contribution in [3.05, 3.63) is 65.7 Å². The highest BCUT2D eigenvalue weighted by atomic mass is 16.5. The highest BCUT2D eigenvalue weighted by Crippen LogP contribution is 2.17. The second-order valence-electron chi connectivity index (χ2n) is 4.42. The minimum absolute atomic E-state index is 0.206. The molecule has 104 valence electrons. The van der Waals surface area contributed by atoms with Gasteiger partial charge in [0.15, 0.2) is 0 Å². The van der Waals surface area contributed by atoms with Crippen LogP contribution in [0.2, 0.25) is 0 Å². The number of methoxy groups -OCH3 is 1. The second-order valence-corrected chi connectivity index (χ2v) is 4.42. The van der Waals surface area contributed by atoms with Gasteiger partial charge in [0.25, 0.3) is 0 Å². The number of nitrogens with one attached hydrogen (secondary N) is 1. The average molecular weight is 270 g/mol. The van der Waals surface area contributed by atoms with Crippen molar-refractivity contribution in [1.82, 2.24) is 5.32 Å². The van der Waals surface area contributed by atoms with Gasteiger partial charge < -0.3 is 15.8 Å². The maximum atomic E-state index is 12.0. The first-order valence-corrected chi connectivity index (χ1v) is 6.42. The van der Waals surface area contributed by atoms with Crippen LogP contribution >= 0.6 is 0 Å². The Labute approximate surface area is 118 Å². The lowest BCUT2D eigenvalue weighted by Crippen LogP contribution is -2.33. The smallest absolute Gasteiger partial charge is 0.241 e. The predicted octanol–water partition coefficient (Wildman–Crippen LogP) is 2.01. The van der Waals surface area contributed by atoms with Crippen molar-refractivity contribution in [3.63, 3.8) is 0 Å². The predicted molar refractivity (Wildman–Crippen MR) is 78.2 cm³/mol. The Hall–Kier alpha value is -2.33.